The first-order valence-corrected chi connectivity index (χ1v) is 20.6. The first-order valence-electron chi connectivity index (χ1n) is 10.4. The van der Waals surface area contributed by atoms with Crippen LogP contribution in [0.5, 0.6) is 11.5 Å². The second-order valence-electron chi connectivity index (χ2n) is 10.4. The number of rotatable bonds is 11. The number of carbonyl (C=O) groups is 1. The van der Waals surface area contributed by atoms with Crippen LogP contribution in [0.4, 0.5) is 0 Å². The van der Waals surface area contributed by atoms with E-state index in [1.165, 1.54) is 5.56 Å². The molecule has 0 heterocycles. The van der Waals surface area contributed by atoms with Crippen LogP contribution in [0.3, 0.4) is 0 Å². The van der Waals surface area contributed by atoms with E-state index in [-0.39, 0.29) is 5.97 Å². The molecule has 0 saturated carbocycles. The van der Waals surface area contributed by atoms with Crippen LogP contribution in [-0.4, -0.2) is 30.9 Å². The lowest BCUT2D eigenvalue weighted by atomic mass is 10.1. The molecule has 0 aliphatic rings. The Bertz CT molecular complexity index is 641. The van der Waals surface area contributed by atoms with Gasteiger partial charge in [0.2, 0.25) is 25.0 Å². The van der Waals surface area contributed by atoms with Gasteiger partial charge in [-0.3, -0.25) is 4.79 Å². The maximum absolute atomic E-state index is 11.8. The van der Waals surface area contributed by atoms with Crippen molar-refractivity contribution >= 4 is 30.9 Å². The Morgan fingerprint density at radius 2 is 1.32 bits per heavy atom. The average Bonchev–Trinajstić information content (AvgIpc) is 2.44. The van der Waals surface area contributed by atoms with E-state index in [1.807, 2.05) is 19.6 Å². The molecule has 0 N–H and O–H groups in total. The second kappa shape index (κ2) is 10.1. The first-order chi connectivity index (χ1) is 12.6. The zero-order chi connectivity index (χ0) is 21.6. The van der Waals surface area contributed by atoms with E-state index < -0.39 is 25.0 Å². The van der Waals surface area contributed by atoms with Crippen molar-refractivity contribution in [2.75, 3.05) is 0 Å². The Hall–Kier alpha value is -1.06. The standard InChI is InChI=1S/C21H40O4Si3/c1-26(2,3)23-19-16-15-18(17-20(19)24-27(4,5)6)13-11-10-12-14-21(22)25-28(7,8)9/h15-17H,10-14H2,1-9H3. The van der Waals surface area contributed by atoms with Crippen LogP contribution < -0.4 is 8.85 Å². The molecule has 0 saturated heterocycles. The maximum atomic E-state index is 11.8. The van der Waals surface area contributed by atoms with Crippen LogP contribution in [0.15, 0.2) is 18.2 Å². The molecule has 28 heavy (non-hydrogen) atoms. The fraction of sp³-hybridized carbons (Fsp3) is 0.667. The molecule has 0 spiro atoms. The number of unbranched alkanes of at least 4 members (excludes halogenated alkanes) is 2. The minimum absolute atomic E-state index is 0.0437. The summed E-state index contributed by atoms with van der Waals surface area (Å²) in [6, 6.07) is 6.35. The van der Waals surface area contributed by atoms with Crippen molar-refractivity contribution in [3.8, 4) is 11.5 Å². The predicted octanol–water partition coefficient (Wildman–Crippen LogP) is 6.60. The third kappa shape index (κ3) is 11.7. The van der Waals surface area contributed by atoms with Crippen LogP contribution in [0.25, 0.3) is 0 Å². The van der Waals surface area contributed by atoms with Crippen molar-refractivity contribution in [1.29, 1.82) is 0 Å². The van der Waals surface area contributed by atoms with Crippen LogP contribution in [0.1, 0.15) is 31.2 Å². The number of hydrogen-bond acceptors (Lipinski definition) is 4. The molecular formula is C21H40O4Si3. The highest BCUT2D eigenvalue weighted by molar-refractivity contribution is 6.71. The Balaban J connectivity index is 2.61. The molecule has 0 aliphatic heterocycles. The van der Waals surface area contributed by atoms with Crippen molar-refractivity contribution in [2.24, 2.45) is 0 Å². The molecule has 0 radical (unpaired) electrons. The highest BCUT2D eigenvalue weighted by Crippen LogP contribution is 2.33. The summed E-state index contributed by atoms with van der Waals surface area (Å²) in [7, 11) is -5.17. The van der Waals surface area contributed by atoms with Gasteiger partial charge in [-0.05, 0) is 95.9 Å². The van der Waals surface area contributed by atoms with E-state index in [4.69, 9.17) is 13.3 Å². The Kier molecular flexibility index (Phi) is 9.02. The number of benzene rings is 1. The molecule has 0 aliphatic carbocycles. The third-order valence-corrected chi connectivity index (χ3v) is 6.11. The monoisotopic (exact) mass is 440 g/mol. The summed E-state index contributed by atoms with van der Waals surface area (Å²) >= 11 is 0. The van der Waals surface area contributed by atoms with Crippen molar-refractivity contribution in [3.05, 3.63) is 23.8 Å². The molecule has 0 amide bonds. The average molecular weight is 441 g/mol. The zero-order valence-electron chi connectivity index (χ0n) is 19.4. The number of carbonyl (C=O) groups excluding carboxylic acids is 1. The van der Waals surface area contributed by atoms with Gasteiger partial charge < -0.3 is 13.3 Å². The minimum atomic E-state index is -1.76. The molecule has 0 atom stereocenters. The lowest BCUT2D eigenvalue weighted by Crippen LogP contribution is -2.32. The molecule has 4 nitrogen and oxygen atoms in total. The molecule has 7 heteroatoms. The van der Waals surface area contributed by atoms with Crippen LogP contribution in [-0.2, 0) is 15.6 Å². The summed E-state index contributed by atoms with van der Waals surface area (Å²) < 4.78 is 18.0. The first kappa shape index (κ1) is 25.0. The topological polar surface area (TPSA) is 44.8 Å². The quantitative estimate of drug-likeness (QED) is 0.287. The fourth-order valence-electron chi connectivity index (χ4n) is 2.70. The van der Waals surface area contributed by atoms with Crippen LogP contribution in [0.2, 0.25) is 58.9 Å². The van der Waals surface area contributed by atoms with Gasteiger partial charge in [-0.15, -0.1) is 0 Å². The van der Waals surface area contributed by atoms with E-state index in [0.29, 0.717) is 6.42 Å². The van der Waals surface area contributed by atoms with Gasteiger partial charge in [0.15, 0.2) is 0 Å². The summed E-state index contributed by atoms with van der Waals surface area (Å²) in [4.78, 5) is 11.8. The van der Waals surface area contributed by atoms with E-state index in [1.54, 1.807) is 0 Å². The molecule has 1 rings (SSSR count). The molecule has 160 valence electrons. The second-order valence-corrected chi connectivity index (χ2v) is 23.6. The van der Waals surface area contributed by atoms with Gasteiger partial charge in [-0.1, -0.05) is 12.5 Å². The minimum Gasteiger partial charge on any atom is -0.542 e. The van der Waals surface area contributed by atoms with Crippen molar-refractivity contribution in [2.45, 2.75) is 91.0 Å². The molecule has 0 unspecified atom stereocenters. The molecule has 0 aromatic heterocycles. The highest BCUT2D eigenvalue weighted by Gasteiger charge is 2.23. The molecule has 0 fully saturated rings. The molecule has 1 aromatic rings. The van der Waals surface area contributed by atoms with Gasteiger partial charge in [-0.25, -0.2) is 0 Å². The smallest absolute Gasteiger partial charge is 0.292 e. The van der Waals surface area contributed by atoms with E-state index in [9.17, 15) is 4.79 Å². The summed E-state index contributed by atoms with van der Waals surface area (Å²) in [6.07, 6.45) is 4.48. The Morgan fingerprint density at radius 1 is 0.750 bits per heavy atom. The maximum Gasteiger partial charge on any atom is 0.292 e. The van der Waals surface area contributed by atoms with E-state index in [2.05, 4.69) is 57.5 Å². The van der Waals surface area contributed by atoms with Gasteiger partial charge in [-0.2, -0.15) is 0 Å². The number of hydrogen-bond donors (Lipinski definition) is 0. The van der Waals surface area contributed by atoms with E-state index >= 15 is 0 Å². The van der Waals surface area contributed by atoms with Gasteiger partial charge in [0.25, 0.3) is 5.97 Å². The fourth-order valence-corrected chi connectivity index (χ4v) is 5.13. The van der Waals surface area contributed by atoms with E-state index in [0.717, 1.165) is 37.2 Å². The van der Waals surface area contributed by atoms with Crippen molar-refractivity contribution in [1.82, 2.24) is 0 Å². The van der Waals surface area contributed by atoms with Crippen molar-refractivity contribution in [3.63, 3.8) is 0 Å². The largest absolute Gasteiger partial charge is 0.542 e. The SMILES string of the molecule is C[Si](C)(C)OC(=O)CCCCCc1ccc(O[Si](C)(C)C)c(O[Si](C)(C)C)c1. The number of aryl methyl sites for hydroxylation is 1. The summed E-state index contributed by atoms with van der Waals surface area (Å²) in [5.74, 6) is 1.72. The lowest BCUT2D eigenvalue weighted by molar-refractivity contribution is -0.135. The Morgan fingerprint density at radius 3 is 1.86 bits per heavy atom. The summed E-state index contributed by atoms with van der Waals surface area (Å²) in [5.41, 5.74) is 1.26. The van der Waals surface area contributed by atoms with Crippen molar-refractivity contribution < 1.29 is 18.1 Å². The zero-order valence-corrected chi connectivity index (χ0v) is 22.4. The summed E-state index contributed by atoms with van der Waals surface area (Å²) in [6.45, 7) is 19.3. The molecule has 1 aromatic carbocycles. The predicted molar refractivity (Wildman–Crippen MR) is 126 cm³/mol. The van der Waals surface area contributed by atoms with Gasteiger partial charge in [0, 0.05) is 6.42 Å². The lowest BCUT2D eigenvalue weighted by Gasteiger charge is -2.26. The third-order valence-electron chi connectivity index (χ3n) is 3.61. The molecule has 0 bridgehead atoms. The normalized spacial score (nSPS) is 12.6. The van der Waals surface area contributed by atoms with Gasteiger partial charge in [0.05, 0.1) is 0 Å². The van der Waals surface area contributed by atoms with Gasteiger partial charge >= 0.3 is 0 Å². The molecular weight excluding hydrogens is 400 g/mol. The Labute approximate surface area is 175 Å². The van der Waals surface area contributed by atoms with Gasteiger partial charge in [0.1, 0.15) is 11.5 Å². The highest BCUT2D eigenvalue weighted by atomic mass is 28.4. The summed E-state index contributed by atoms with van der Waals surface area (Å²) in [5, 5.41) is 0. The van der Waals surface area contributed by atoms with Crippen LogP contribution in [0, 0.1) is 0 Å². The van der Waals surface area contributed by atoms with Crippen LogP contribution >= 0.6 is 0 Å².